The van der Waals surface area contributed by atoms with Crippen molar-refractivity contribution in [1.29, 1.82) is 0 Å². The zero-order chi connectivity index (χ0) is 22.6. The lowest BCUT2D eigenvalue weighted by molar-refractivity contribution is -0.158. The molecule has 1 N–H and O–H groups in total. The van der Waals surface area contributed by atoms with E-state index in [9.17, 15) is 14.4 Å². The van der Waals surface area contributed by atoms with Crippen molar-refractivity contribution in [3.8, 4) is 11.1 Å². The number of ether oxygens (including phenoxy) is 2. The van der Waals surface area contributed by atoms with Crippen LogP contribution >= 0.6 is 0 Å². The van der Waals surface area contributed by atoms with Gasteiger partial charge in [-0.15, -0.1) is 0 Å². The molecule has 0 saturated heterocycles. The van der Waals surface area contributed by atoms with Gasteiger partial charge in [-0.2, -0.15) is 0 Å². The van der Waals surface area contributed by atoms with Crippen LogP contribution in [0.1, 0.15) is 37.8 Å². The number of hydrogen-bond acceptors (Lipinski definition) is 5. The summed E-state index contributed by atoms with van der Waals surface area (Å²) in [6.45, 7) is 4.97. The van der Waals surface area contributed by atoms with Gasteiger partial charge in [0.05, 0.1) is 0 Å². The fourth-order valence-electron chi connectivity index (χ4n) is 3.59. The van der Waals surface area contributed by atoms with Crippen LogP contribution in [0.2, 0.25) is 0 Å². The van der Waals surface area contributed by atoms with Gasteiger partial charge in [0, 0.05) is 13.0 Å². The molecular weight excluding hydrogens is 396 g/mol. The number of carbonyl (C=O) groups excluding carboxylic acids is 3. The molecule has 0 unspecified atom stereocenters. The van der Waals surface area contributed by atoms with Crippen LogP contribution in [-0.2, 0) is 19.1 Å². The largest absolute Gasteiger partial charge is 0.459 e. The SMILES string of the molecule is CN(CC(=O)OC(C)(C)C)C(=O)CNC(=O)OCC1c2ccccc2-c2ccccc21. The van der Waals surface area contributed by atoms with Crippen LogP contribution in [0, 0.1) is 0 Å². The summed E-state index contributed by atoms with van der Waals surface area (Å²) in [6.07, 6.45) is -0.680. The van der Waals surface area contributed by atoms with Crippen LogP contribution in [-0.4, -0.2) is 55.2 Å². The molecule has 7 heteroatoms. The first kappa shape index (κ1) is 22.3. The molecule has 3 rings (SSSR count). The van der Waals surface area contributed by atoms with Gasteiger partial charge in [0.1, 0.15) is 25.3 Å². The molecule has 1 aliphatic carbocycles. The van der Waals surface area contributed by atoms with Gasteiger partial charge in [-0.1, -0.05) is 48.5 Å². The summed E-state index contributed by atoms with van der Waals surface area (Å²) in [7, 11) is 1.48. The van der Waals surface area contributed by atoms with Crippen LogP contribution in [0.4, 0.5) is 4.79 Å². The zero-order valence-corrected chi connectivity index (χ0v) is 18.3. The summed E-state index contributed by atoms with van der Waals surface area (Å²) < 4.78 is 10.6. The highest BCUT2D eigenvalue weighted by atomic mass is 16.6. The van der Waals surface area contributed by atoms with Crippen LogP contribution in [0.15, 0.2) is 48.5 Å². The predicted octanol–water partition coefficient (Wildman–Crippen LogP) is 3.33. The minimum absolute atomic E-state index is 0.0521. The third-order valence-electron chi connectivity index (χ3n) is 4.94. The normalized spacial score (nSPS) is 12.5. The number of benzene rings is 2. The summed E-state index contributed by atoms with van der Waals surface area (Å²) in [5.41, 5.74) is 3.90. The van der Waals surface area contributed by atoms with E-state index in [1.54, 1.807) is 20.8 Å². The maximum Gasteiger partial charge on any atom is 0.407 e. The molecule has 0 fully saturated rings. The van der Waals surface area contributed by atoms with Crippen molar-refractivity contribution in [1.82, 2.24) is 10.2 Å². The van der Waals surface area contributed by atoms with E-state index in [1.165, 1.54) is 11.9 Å². The third kappa shape index (κ3) is 5.63. The van der Waals surface area contributed by atoms with Gasteiger partial charge in [-0.05, 0) is 43.0 Å². The highest BCUT2D eigenvalue weighted by Crippen LogP contribution is 2.44. The summed E-state index contributed by atoms with van der Waals surface area (Å²) in [5.74, 6) is -0.979. The Hall–Kier alpha value is -3.35. The Kier molecular flexibility index (Phi) is 6.63. The quantitative estimate of drug-likeness (QED) is 0.719. The Morgan fingerprint density at radius 1 is 0.968 bits per heavy atom. The Labute approximate surface area is 182 Å². The second-order valence-electron chi connectivity index (χ2n) is 8.52. The van der Waals surface area contributed by atoms with Gasteiger partial charge in [-0.3, -0.25) is 9.59 Å². The lowest BCUT2D eigenvalue weighted by atomic mass is 9.98. The monoisotopic (exact) mass is 424 g/mol. The molecular formula is C24H28N2O5. The molecule has 0 spiro atoms. The number of carbonyl (C=O) groups is 3. The minimum Gasteiger partial charge on any atom is -0.459 e. The smallest absolute Gasteiger partial charge is 0.407 e. The molecule has 0 saturated carbocycles. The number of rotatable bonds is 6. The molecule has 31 heavy (non-hydrogen) atoms. The van der Waals surface area contributed by atoms with Crippen molar-refractivity contribution < 1.29 is 23.9 Å². The van der Waals surface area contributed by atoms with Crippen molar-refractivity contribution in [2.24, 2.45) is 0 Å². The molecule has 0 aliphatic heterocycles. The number of alkyl carbamates (subject to hydrolysis) is 1. The molecule has 0 radical (unpaired) electrons. The van der Waals surface area contributed by atoms with Gasteiger partial charge in [0.2, 0.25) is 5.91 Å². The molecule has 2 amide bonds. The number of hydrogen-bond donors (Lipinski definition) is 1. The highest BCUT2D eigenvalue weighted by Gasteiger charge is 2.29. The van der Waals surface area contributed by atoms with Gasteiger partial charge in [0.25, 0.3) is 0 Å². The number of fused-ring (bicyclic) bond motifs is 3. The molecule has 0 atom stereocenters. The highest BCUT2D eigenvalue weighted by molar-refractivity contribution is 5.85. The second kappa shape index (κ2) is 9.20. The average molecular weight is 424 g/mol. The van der Waals surface area contributed by atoms with Crippen molar-refractivity contribution in [2.75, 3.05) is 26.7 Å². The zero-order valence-electron chi connectivity index (χ0n) is 18.3. The van der Waals surface area contributed by atoms with Gasteiger partial charge in [-0.25, -0.2) is 4.79 Å². The maximum atomic E-state index is 12.2. The van der Waals surface area contributed by atoms with Crippen LogP contribution in [0.25, 0.3) is 11.1 Å². The molecule has 0 aromatic heterocycles. The molecule has 2 aromatic rings. The number of nitrogens with one attached hydrogen (secondary N) is 1. The van der Waals surface area contributed by atoms with E-state index < -0.39 is 23.6 Å². The summed E-state index contributed by atoms with van der Waals surface area (Å²) in [5, 5.41) is 2.45. The Balaban J connectivity index is 1.50. The molecule has 1 aliphatic rings. The molecule has 0 bridgehead atoms. The topological polar surface area (TPSA) is 84.9 Å². The Morgan fingerprint density at radius 2 is 1.52 bits per heavy atom. The van der Waals surface area contributed by atoms with Crippen LogP contribution in [0.5, 0.6) is 0 Å². The summed E-state index contributed by atoms with van der Waals surface area (Å²) in [4.78, 5) is 37.4. The van der Waals surface area contributed by atoms with E-state index in [-0.39, 0.29) is 25.6 Å². The van der Waals surface area contributed by atoms with E-state index in [2.05, 4.69) is 17.4 Å². The minimum atomic E-state index is -0.680. The first-order valence-corrected chi connectivity index (χ1v) is 10.2. The van der Waals surface area contributed by atoms with Crippen molar-refractivity contribution >= 4 is 18.0 Å². The molecule has 0 heterocycles. The number of amides is 2. The van der Waals surface area contributed by atoms with Gasteiger partial charge in [0.15, 0.2) is 0 Å². The third-order valence-corrected chi connectivity index (χ3v) is 4.94. The molecule has 7 nitrogen and oxygen atoms in total. The first-order valence-electron chi connectivity index (χ1n) is 10.2. The van der Waals surface area contributed by atoms with E-state index in [4.69, 9.17) is 9.47 Å². The van der Waals surface area contributed by atoms with E-state index in [0.717, 1.165) is 22.3 Å². The molecule has 2 aromatic carbocycles. The van der Waals surface area contributed by atoms with Gasteiger partial charge >= 0.3 is 12.1 Å². The van der Waals surface area contributed by atoms with Gasteiger partial charge < -0.3 is 19.7 Å². The lowest BCUT2D eigenvalue weighted by Gasteiger charge is -2.22. The Morgan fingerprint density at radius 3 is 2.06 bits per heavy atom. The van der Waals surface area contributed by atoms with Crippen LogP contribution in [0.3, 0.4) is 0 Å². The lowest BCUT2D eigenvalue weighted by Crippen LogP contribution is -2.42. The van der Waals surface area contributed by atoms with E-state index >= 15 is 0 Å². The second-order valence-corrected chi connectivity index (χ2v) is 8.52. The summed E-state index contributed by atoms with van der Waals surface area (Å²) >= 11 is 0. The summed E-state index contributed by atoms with van der Waals surface area (Å²) in [6, 6.07) is 16.1. The van der Waals surface area contributed by atoms with Crippen molar-refractivity contribution in [3.63, 3.8) is 0 Å². The Bertz CT molecular complexity index is 934. The van der Waals surface area contributed by atoms with E-state index in [0.29, 0.717) is 0 Å². The standard InChI is InChI=1S/C24H28N2O5/c1-24(2,3)31-22(28)14-26(4)21(27)13-25-23(29)30-15-20-18-11-7-5-9-16(18)17-10-6-8-12-19(17)20/h5-12,20H,13-15H2,1-4H3,(H,25,29). The molecule has 164 valence electrons. The van der Waals surface area contributed by atoms with Crippen LogP contribution < -0.4 is 5.32 Å². The first-order chi connectivity index (χ1) is 14.7. The fourth-order valence-corrected chi connectivity index (χ4v) is 3.59. The van der Waals surface area contributed by atoms with Crippen molar-refractivity contribution in [3.05, 3.63) is 59.7 Å². The average Bonchev–Trinajstić information content (AvgIpc) is 3.02. The predicted molar refractivity (Wildman–Crippen MR) is 117 cm³/mol. The fraction of sp³-hybridized carbons (Fsp3) is 0.375. The number of esters is 1. The number of likely N-dealkylation sites (N-methyl/N-ethyl adjacent to an activating group) is 1. The maximum absolute atomic E-state index is 12.2. The number of nitrogens with zero attached hydrogens (tertiary/aromatic N) is 1. The van der Waals surface area contributed by atoms with Crippen molar-refractivity contribution in [2.45, 2.75) is 32.3 Å². The van der Waals surface area contributed by atoms with E-state index in [1.807, 2.05) is 36.4 Å².